The van der Waals surface area contributed by atoms with Gasteiger partial charge < -0.3 is 14.6 Å². The van der Waals surface area contributed by atoms with Gasteiger partial charge >= 0.3 is 0 Å². The zero-order valence-corrected chi connectivity index (χ0v) is 14.3. The number of amides is 1. The Hall–Kier alpha value is -2.18. The summed E-state index contributed by atoms with van der Waals surface area (Å²) in [7, 11) is 1.94. The molecule has 124 valence electrons. The number of fused-ring (bicyclic) bond motifs is 1. The molecule has 1 aromatic carbocycles. The van der Waals surface area contributed by atoms with Gasteiger partial charge in [0.25, 0.3) is 5.91 Å². The molecule has 0 spiro atoms. The first-order valence-corrected chi connectivity index (χ1v) is 8.98. The van der Waals surface area contributed by atoms with E-state index in [1.807, 2.05) is 42.3 Å². The summed E-state index contributed by atoms with van der Waals surface area (Å²) in [5.41, 5.74) is 0.953. The van der Waals surface area contributed by atoms with E-state index in [0.717, 1.165) is 41.2 Å². The molecule has 3 heterocycles. The predicted octanol–water partition coefficient (Wildman–Crippen LogP) is 3.38. The minimum Gasteiger partial charge on any atom is -0.448 e. The molecule has 0 bridgehead atoms. The van der Waals surface area contributed by atoms with Gasteiger partial charge in [-0.3, -0.25) is 4.79 Å². The van der Waals surface area contributed by atoms with Crippen molar-refractivity contribution in [3.8, 4) is 10.8 Å². The first-order valence-electron chi connectivity index (χ1n) is 8.17. The molecular weight excluding hydrogens is 322 g/mol. The van der Waals surface area contributed by atoms with E-state index in [0.29, 0.717) is 17.6 Å². The first-order chi connectivity index (χ1) is 11.7. The number of carbonyl (C=O) groups excluding carboxylic acids is 1. The fraction of sp³-hybridized carbons (Fsp3) is 0.333. The van der Waals surface area contributed by atoms with Gasteiger partial charge in [0.2, 0.25) is 0 Å². The van der Waals surface area contributed by atoms with Gasteiger partial charge in [0.1, 0.15) is 0 Å². The summed E-state index contributed by atoms with van der Waals surface area (Å²) in [6.45, 7) is 1.51. The highest BCUT2D eigenvalue weighted by Gasteiger charge is 2.25. The Morgan fingerprint density at radius 1 is 1.33 bits per heavy atom. The van der Waals surface area contributed by atoms with E-state index >= 15 is 0 Å². The summed E-state index contributed by atoms with van der Waals surface area (Å²) in [5, 5.41) is 4.06. The lowest BCUT2D eigenvalue weighted by atomic mass is 10.1. The maximum Gasteiger partial charge on any atom is 0.289 e. The monoisotopic (exact) mass is 341 g/mol. The van der Waals surface area contributed by atoms with Crippen LogP contribution in [-0.2, 0) is 0 Å². The van der Waals surface area contributed by atoms with Gasteiger partial charge in [-0.05, 0) is 44.2 Å². The van der Waals surface area contributed by atoms with Crippen LogP contribution in [0.15, 0.2) is 40.8 Å². The molecule has 1 aliphatic heterocycles. The number of hydrogen-bond acceptors (Lipinski definition) is 5. The molecule has 1 aliphatic rings. The molecule has 3 aromatic rings. The Balaban J connectivity index is 1.56. The standard InChI is InChI=1S/C18H19N3O2S/c1-19-12-5-4-10-21(11-12)18(22)15-9-8-14(23-15)17-20-13-6-2-3-7-16(13)24-17/h2-3,6-9,12,19H,4-5,10-11H2,1H3. The van der Waals surface area contributed by atoms with E-state index in [2.05, 4.69) is 10.3 Å². The third-order valence-corrected chi connectivity index (χ3v) is 5.49. The lowest BCUT2D eigenvalue weighted by Gasteiger charge is -2.31. The number of carbonyl (C=O) groups is 1. The molecule has 5 nitrogen and oxygen atoms in total. The predicted molar refractivity (Wildman–Crippen MR) is 95.3 cm³/mol. The fourth-order valence-electron chi connectivity index (χ4n) is 3.10. The number of nitrogens with zero attached hydrogens (tertiary/aromatic N) is 2. The molecule has 1 amide bonds. The lowest BCUT2D eigenvalue weighted by Crippen LogP contribution is -2.46. The number of furan rings is 1. The molecule has 6 heteroatoms. The van der Waals surface area contributed by atoms with Crippen molar-refractivity contribution in [1.29, 1.82) is 0 Å². The van der Waals surface area contributed by atoms with Crippen molar-refractivity contribution < 1.29 is 9.21 Å². The van der Waals surface area contributed by atoms with Crippen LogP contribution >= 0.6 is 11.3 Å². The summed E-state index contributed by atoms with van der Waals surface area (Å²) >= 11 is 1.58. The van der Waals surface area contributed by atoms with Crippen molar-refractivity contribution in [2.24, 2.45) is 0 Å². The van der Waals surface area contributed by atoms with Gasteiger partial charge in [-0.2, -0.15) is 0 Å². The second kappa shape index (κ2) is 6.37. The molecule has 4 rings (SSSR count). The summed E-state index contributed by atoms with van der Waals surface area (Å²) in [6.07, 6.45) is 2.12. The van der Waals surface area contributed by atoms with E-state index in [-0.39, 0.29) is 5.91 Å². The minimum atomic E-state index is -0.0395. The molecular formula is C18H19N3O2S. The van der Waals surface area contributed by atoms with Crippen LogP contribution in [0.4, 0.5) is 0 Å². The number of likely N-dealkylation sites (N-methyl/N-ethyl adjacent to an activating group) is 1. The van der Waals surface area contributed by atoms with Crippen LogP contribution in [0.3, 0.4) is 0 Å². The van der Waals surface area contributed by atoms with Crippen molar-refractivity contribution in [3.63, 3.8) is 0 Å². The van der Waals surface area contributed by atoms with Gasteiger partial charge in [-0.25, -0.2) is 4.98 Å². The van der Waals surface area contributed by atoms with E-state index in [4.69, 9.17) is 4.42 Å². The Labute approximate surface area is 144 Å². The summed E-state index contributed by atoms with van der Waals surface area (Å²) in [5.74, 6) is 1.00. The van der Waals surface area contributed by atoms with Gasteiger partial charge in [-0.1, -0.05) is 12.1 Å². The first kappa shape index (κ1) is 15.4. The van der Waals surface area contributed by atoms with Crippen LogP contribution in [0, 0.1) is 0 Å². The van der Waals surface area contributed by atoms with Crippen LogP contribution < -0.4 is 5.32 Å². The van der Waals surface area contributed by atoms with Crippen molar-refractivity contribution in [1.82, 2.24) is 15.2 Å². The molecule has 1 atom stereocenters. The fourth-order valence-corrected chi connectivity index (χ4v) is 4.03. The maximum absolute atomic E-state index is 12.7. The van der Waals surface area contributed by atoms with Crippen LogP contribution in [0.2, 0.25) is 0 Å². The smallest absolute Gasteiger partial charge is 0.289 e. The minimum absolute atomic E-state index is 0.0395. The van der Waals surface area contributed by atoms with Gasteiger partial charge in [0.15, 0.2) is 16.5 Å². The van der Waals surface area contributed by atoms with Gasteiger partial charge in [0, 0.05) is 19.1 Å². The zero-order valence-electron chi connectivity index (χ0n) is 13.5. The largest absolute Gasteiger partial charge is 0.448 e. The lowest BCUT2D eigenvalue weighted by molar-refractivity contribution is 0.0667. The normalized spacial score (nSPS) is 18.2. The molecule has 2 aromatic heterocycles. The van der Waals surface area contributed by atoms with E-state index in [9.17, 15) is 4.79 Å². The number of nitrogens with one attached hydrogen (secondary N) is 1. The van der Waals surface area contributed by atoms with Crippen molar-refractivity contribution >= 4 is 27.5 Å². The Morgan fingerprint density at radius 3 is 3.04 bits per heavy atom. The third-order valence-electron chi connectivity index (χ3n) is 4.44. The number of rotatable bonds is 3. The average molecular weight is 341 g/mol. The van der Waals surface area contributed by atoms with Crippen LogP contribution in [0.25, 0.3) is 21.0 Å². The highest BCUT2D eigenvalue weighted by molar-refractivity contribution is 7.21. The number of piperidine rings is 1. The topological polar surface area (TPSA) is 58.4 Å². The SMILES string of the molecule is CNC1CCCN(C(=O)c2ccc(-c3nc4ccccc4s3)o2)C1. The van der Waals surface area contributed by atoms with Crippen molar-refractivity contribution in [3.05, 3.63) is 42.2 Å². The maximum atomic E-state index is 12.7. The molecule has 1 saturated heterocycles. The highest BCUT2D eigenvalue weighted by Crippen LogP contribution is 2.31. The Kier molecular flexibility index (Phi) is 4.08. The van der Waals surface area contributed by atoms with E-state index < -0.39 is 0 Å². The molecule has 0 aliphatic carbocycles. The number of benzene rings is 1. The second-order valence-corrected chi connectivity index (χ2v) is 7.06. The summed E-state index contributed by atoms with van der Waals surface area (Å²) in [6, 6.07) is 11.9. The molecule has 0 saturated carbocycles. The average Bonchev–Trinajstić information content (AvgIpc) is 3.27. The molecule has 1 unspecified atom stereocenters. The number of thiazole rings is 1. The number of hydrogen-bond donors (Lipinski definition) is 1. The van der Waals surface area contributed by atoms with Crippen molar-refractivity contribution in [2.45, 2.75) is 18.9 Å². The van der Waals surface area contributed by atoms with Crippen LogP contribution in [-0.4, -0.2) is 42.0 Å². The summed E-state index contributed by atoms with van der Waals surface area (Å²) < 4.78 is 6.93. The zero-order chi connectivity index (χ0) is 16.5. The van der Waals surface area contributed by atoms with E-state index in [1.54, 1.807) is 17.4 Å². The number of likely N-dealkylation sites (tertiary alicyclic amines) is 1. The second-order valence-electron chi connectivity index (χ2n) is 6.03. The highest BCUT2D eigenvalue weighted by atomic mass is 32.1. The van der Waals surface area contributed by atoms with E-state index in [1.165, 1.54) is 0 Å². The van der Waals surface area contributed by atoms with Gasteiger partial charge in [-0.15, -0.1) is 11.3 Å². The Bertz CT molecular complexity index is 837. The Morgan fingerprint density at radius 2 is 2.21 bits per heavy atom. The van der Waals surface area contributed by atoms with Crippen molar-refractivity contribution in [2.75, 3.05) is 20.1 Å². The number of para-hydroxylation sites is 1. The third kappa shape index (κ3) is 2.83. The molecule has 24 heavy (non-hydrogen) atoms. The molecule has 1 fully saturated rings. The number of aromatic nitrogens is 1. The van der Waals surface area contributed by atoms with Crippen LogP contribution in [0.1, 0.15) is 23.4 Å². The molecule has 0 radical (unpaired) electrons. The molecule has 1 N–H and O–H groups in total. The quantitative estimate of drug-likeness (QED) is 0.793. The van der Waals surface area contributed by atoms with Gasteiger partial charge in [0.05, 0.1) is 10.2 Å². The summed E-state index contributed by atoms with van der Waals surface area (Å²) in [4.78, 5) is 19.1. The van der Waals surface area contributed by atoms with Crippen LogP contribution in [0.5, 0.6) is 0 Å².